The highest BCUT2D eigenvalue weighted by molar-refractivity contribution is 9.10. The molecule has 20 heavy (non-hydrogen) atoms. The Hall–Kier alpha value is -1.61. The zero-order valence-corrected chi connectivity index (χ0v) is 12.8. The van der Waals surface area contributed by atoms with Gasteiger partial charge in [0.2, 0.25) is 0 Å². The summed E-state index contributed by atoms with van der Waals surface area (Å²) in [4.78, 5) is 12.5. The van der Waals surface area contributed by atoms with Gasteiger partial charge in [0, 0.05) is 16.0 Å². The van der Waals surface area contributed by atoms with Crippen molar-refractivity contribution in [2.75, 3.05) is 7.11 Å². The Morgan fingerprint density at radius 1 is 1.20 bits per heavy atom. The molecule has 2 unspecified atom stereocenters. The normalized spacial score (nSPS) is 20.5. The van der Waals surface area contributed by atoms with Crippen LogP contribution in [-0.4, -0.2) is 12.9 Å². The standard InChI is InChI=1S/C17H15BrO2/c1-20-12-7-8-13(16(18)9-12)17(19)15-10-14(15)11-5-3-2-4-6-11/h2-9,14-15H,10H2,1H3. The molecule has 0 heterocycles. The van der Waals surface area contributed by atoms with Gasteiger partial charge in [-0.3, -0.25) is 4.79 Å². The lowest BCUT2D eigenvalue weighted by Gasteiger charge is -2.06. The molecule has 0 spiro atoms. The van der Waals surface area contributed by atoms with Crippen LogP contribution in [0.2, 0.25) is 0 Å². The molecule has 0 N–H and O–H groups in total. The van der Waals surface area contributed by atoms with Crippen LogP contribution in [0.15, 0.2) is 53.0 Å². The van der Waals surface area contributed by atoms with E-state index in [1.807, 2.05) is 36.4 Å². The lowest BCUT2D eigenvalue weighted by Crippen LogP contribution is -2.04. The molecule has 2 atom stereocenters. The van der Waals surface area contributed by atoms with Crippen molar-refractivity contribution >= 4 is 21.7 Å². The number of carbonyl (C=O) groups is 1. The summed E-state index contributed by atoms with van der Waals surface area (Å²) in [5.74, 6) is 1.46. The number of benzene rings is 2. The van der Waals surface area contributed by atoms with Crippen molar-refractivity contribution in [1.29, 1.82) is 0 Å². The first-order valence-corrected chi connectivity index (χ1v) is 7.42. The van der Waals surface area contributed by atoms with E-state index in [0.717, 1.165) is 22.2 Å². The van der Waals surface area contributed by atoms with Crippen LogP contribution in [0, 0.1) is 5.92 Å². The van der Waals surface area contributed by atoms with Crippen molar-refractivity contribution in [3.05, 3.63) is 64.1 Å². The number of ketones is 1. The van der Waals surface area contributed by atoms with E-state index in [1.165, 1.54) is 5.56 Å². The van der Waals surface area contributed by atoms with Gasteiger partial charge in [0.05, 0.1) is 7.11 Å². The molecule has 0 aliphatic heterocycles. The van der Waals surface area contributed by atoms with Gasteiger partial charge < -0.3 is 4.74 Å². The topological polar surface area (TPSA) is 26.3 Å². The number of rotatable bonds is 4. The number of halogens is 1. The molecule has 2 aromatic rings. The Morgan fingerprint density at radius 3 is 2.60 bits per heavy atom. The number of ether oxygens (including phenoxy) is 1. The fraction of sp³-hybridized carbons (Fsp3) is 0.235. The molecule has 0 amide bonds. The van der Waals surface area contributed by atoms with Crippen molar-refractivity contribution in [2.45, 2.75) is 12.3 Å². The molecular weight excluding hydrogens is 316 g/mol. The van der Waals surface area contributed by atoms with Crippen LogP contribution in [-0.2, 0) is 0 Å². The van der Waals surface area contributed by atoms with E-state index in [2.05, 4.69) is 28.1 Å². The quantitative estimate of drug-likeness (QED) is 0.774. The van der Waals surface area contributed by atoms with Gasteiger partial charge in [-0.05, 0) is 52.0 Å². The van der Waals surface area contributed by atoms with Crippen LogP contribution in [0.1, 0.15) is 28.3 Å². The first kappa shape index (κ1) is 13.4. The van der Waals surface area contributed by atoms with Crippen LogP contribution in [0.5, 0.6) is 5.75 Å². The van der Waals surface area contributed by atoms with Gasteiger partial charge in [-0.2, -0.15) is 0 Å². The van der Waals surface area contributed by atoms with Crippen LogP contribution in [0.3, 0.4) is 0 Å². The SMILES string of the molecule is COc1ccc(C(=O)C2CC2c2ccccc2)c(Br)c1. The van der Waals surface area contributed by atoms with E-state index < -0.39 is 0 Å². The highest BCUT2D eigenvalue weighted by Crippen LogP contribution is 2.49. The lowest BCUT2D eigenvalue weighted by molar-refractivity contribution is 0.0964. The summed E-state index contributed by atoms with van der Waals surface area (Å²) in [5, 5.41) is 0. The molecular formula is C17H15BrO2. The highest BCUT2D eigenvalue weighted by atomic mass is 79.9. The number of hydrogen-bond donors (Lipinski definition) is 0. The van der Waals surface area contributed by atoms with Gasteiger partial charge in [0.1, 0.15) is 5.75 Å². The Bertz CT molecular complexity index is 637. The molecule has 0 bridgehead atoms. The molecule has 2 aromatic carbocycles. The van der Waals surface area contributed by atoms with Gasteiger partial charge in [-0.25, -0.2) is 0 Å². The predicted molar refractivity (Wildman–Crippen MR) is 82.3 cm³/mol. The highest BCUT2D eigenvalue weighted by Gasteiger charge is 2.44. The van der Waals surface area contributed by atoms with Crippen LogP contribution >= 0.6 is 15.9 Å². The maximum absolute atomic E-state index is 12.5. The smallest absolute Gasteiger partial charge is 0.167 e. The van der Waals surface area contributed by atoms with Crippen LogP contribution in [0.4, 0.5) is 0 Å². The predicted octanol–water partition coefficient (Wildman–Crippen LogP) is 4.44. The summed E-state index contributed by atoms with van der Waals surface area (Å²) in [5.41, 5.74) is 2.00. The zero-order chi connectivity index (χ0) is 14.1. The number of hydrogen-bond acceptors (Lipinski definition) is 2. The summed E-state index contributed by atoms with van der Waals surface area (Å²) >= 11 is 3.46. The molecule has 0 radical (unpaired) electrons. The summed E-state index contributed by atoms with van der Waals surface area (Å²) < 4.78 is 5.96. The van der Waals surface area contributed by atoms with Gasteiger partial charge >= 0.3 is 0 Å². The monoisotopic (exact) mass is 330 g/mol. The first-order chi connectivity index (χ1) is 9.70. The molecule has 102 valence electrons. The average molecular weight is 331 g/mol. The second-order valence-corrected chi connectivity index (χ2v) is 5.92. The van der Waals surface area contributed by atoms with E-state index in [4.69, 9.17) is 4.74 Å². The largest absolute Gasteiger partial charge is 0.497 e. The minimum atomic E-state index is 0.113. The second-order valence-electron chi connectivity index (χ2n) is 5.07. The maximum Gasteiger partial charge on any atom is 0.167 e. The van der Waals surface area contributed by atoms with Crippen molar-refractivity contribution in [3.8, 4) is 5.75 Å². The van der Waals surface area contributed by atoms with Crippen molar-refractivity contribution in [1.82, 2.24) is 0 Å². The Morgan fingerprint density at radius 2 is 1.95 bits per heavy atom. The van der Waals surface area contributed by atoms with E-state index in [9.17, 15) is 4.79 Å². The van der Waals surface area contributed by atoms with E-state index in [-0.39, 0.29) is 11.7 Å². The molecule has 0 saturated heterocycles. The Kier molecular flexibility index (Phi) is 3.62. The first-order valence-electron chi connectivity index (χ1n) is 6.63. The second kappa shape index (κ2) is 5.41. The fourth-order valence-corrected chi connectivity index (χ4v) is 3.13. The molecule has 0 aromatic heterocycles. The van der Waals surface area contributed by atoms with Gasteiger partial charge in [0.25, 0.3) is 0 Å². The summed E-state index contributed by atoms with van der Waals surface area (Å²) in [6.07, 6.45) is 0.946. The van der Waals surface area contributed by atoms with Crippen molar-refractivity contribution < 1.29 is 9.53 Å². The van der Waals surface area contributed by atoms with Gasteiger partial charge in [-0.1, -0.05) is 30.3 Å². The average Bonchev–Trinajstić information content (AvgIpc) is 3.28. The number of methoxy groups -OCH3 is 1. The minimum absolute atomic E-state index is 0.113. The Balaban J connectivity index is 1.78. The Labute approximate surface area is 126 Å². The zero-order valence-electron chi connectivity index (χ0n) is 11.2. The molecule has 1 aliphatic rings. The number of carbonyl (C=O) groups excluding carboxylic acids is 1. The molecule has 2 nitrogen and oxygen atoms in total. The lowest BCUT2D eigenvalue weighted by atomic mass is 10.0. The third-order valence-electron chi connectivity index (χ3n) is 3.80. The molecule has 3 rings (SSSR count). The van der Waals surface area contributed by atoms with Gasteiger partial charge in [0.15, 0.2) is 5.78 Å². The van der Waals surface area contributed by atoms with Crippen LogP contribution in [0.25, 0.3) is 0 Å². The van der Waals surface area contributed by atoms with Gasteiger partial charge in [-0.15, -0.1) is 0 Å². The third-order valence-corrected chi connectivity index (χ3v) is 4.45. The molecule has 1 aliphatic carbocycles. The number of Topliss-reactive ketones (excluding diaryl/α,β-unsaturated/α-hetero) is 1. The van der Waals surface area contributed by atoms with Crippen molar-refractivity contribution in [2.24, 2.45) is 5.92 Å². The molecule has 3 heteroatoms. The molecule has 1 fully saturated rings. The minimum Gasteiger partial charge on any atom is -0.497 e. The van der Waals surface area contributed by atoms with E-state index in [1.54, 1.807) is 7.11 Å². The summed E-state index contributed by atoms with van der Waals surface area (Å²) in [7, 11) is 1.62. The maximum atomic E-state index is 12.5. The fourth-order valence-electron chi connectivity index (χ4n) is 2.58. The van der Waals surface area contributed by atoms with E-state index in [0.29, 0.717) is 5.92 Å². The third kappa shape index (κ3) is 2.50. The van der Waals surface area contributed by atoms with E-state index >= 15 is 0 Å². The van der Waals surface area contributed by atoms with Crippen molar-refractivity contribution in [3.63, 3.8) is 0 Å². The van der Waals surface area contributed by atoms with Crippen LogP contribution < -0.4 is 4.74 Å². The summed E-state index contributed by atoms with van der Waals surface area (Å²) in [6.45, 7) is 0. The molecule has 1 saturated carbocycles. The summed E-state index contributed by atoms with van der Waals surface area (Å²) in [6, 6.07) is 15.8.